The van der Waals surface area contributed by atoms with Gasteiger partial charge in [0.15, 0.2) is 0 Å². The van der Waals surface area contributed by atoms with Crippen LogP contribution in [0.15, 0.2) is 40.2 Å². The molecular formula is C11H11BrN2O2S. The van der Waals surface area contributed by atoms with E-state index >= 15 is 0 Å². The van der Waals surface area contributed by atoms with Crippen LogP contribution in [0.3, 0.4) is 0 Å². The fourth-order valence-electron chi connectivity index (χ4n) is 1.54. The van der Waals surface area contributed by atoms with Crippen LogP contribution in [0, 0.1) is 13.8 Å². The first-order valence-corrected chi connectivity index (χ1v) is 7.16. The Morgan fingerprint density at radius 3 is 2.53 bits per heavy atom. The zero-order valence-electron chi connectivity index (χ0n) is 9.38. The minimum atomic E-state index is -3.53. The third-order valence-electron chi connectivity index (χ3n) is 2.49. The second-order valence-corrected chi connectivity index (χ2v) is 6.43. The number of aryl methyl sites for hydroxylation is 2. The molecule has 0 radical (unpaired) electrons. The Morgan fingerprint density at radius 2 is 1.94 bits per heavy atom. The maximum absolute atomic E-state index is 12.3. The Bertz CT molecular complexity index is 648. The van der Waals surface area contributed by atoms with E-state index in [0.717, 1.165) is 14.0 Å². The SMILES string of the molecule is Cc1cc(S(=O)(=O)n2ccnc2)c(C)cc1Br. The third-order valence-corrected chi connectivity index (χ3v) is 5.11. The van der Waals surface area contributed by atoms with Gasteiger partial charge in [0.1, 0.15) is 6.33 Å². The molecule has 0 N–H and O–H groups in total. The van der Waals surface area contributed by atoms with Gasteiger partial charge in [-0.15, -0.1) is 0 Å². The number of rotatable bonds is 2. The van der Waals surface area contributed by atoms with Crippen LogP contribution in [0.5, 0.6) is 0 Å². The summed E-state index contributed by atoms with van der Waals surface area (Å²) in [6.45, 7) is 3.63. The summed E-state index contributed by atoms with van der Waals surface area (Å²) >= 11 is 3.38. The zero-order valence-corrected chi connectivity index (χ0v) is 11.8. The van der Waals surface area contributed by atoms with Gasteiger partial charge < -0.3 is 0 Å². The second-order valence-electron chi connectivity index (χ2n) is 3.76. The molecule has 90 valence electrons. The van der Waals surface area contributed by atoms with E-state index in [0.29, 0.717) is 10.5 Å². The number of halogens is 1. The van der Waals surface area contributed by atoms with Crippen molar-refractivity contribution < 1.29 is 8.42 Å². The van der Waals surface area contributed by atoms with Crippen LogP contribution in [-0.2, 0) is 10.0 Å². The van der Waals surface area contributed by atoms with Crippen molar-refractivity contribution in [2.24, 2.45) is 0 Å². The van der Waals surface area contributed by atoms with Crippen LogP contribution in [0.2, 0.25) is 0 Å². The molecule has 1 aromatic carbocycles. The van der Waals surface area contributed by atoms with Crippen LogP contribution in [0.4, 0.5) is 0 Å². The summed E-state index contributed by atoms with van der Waals surface area (Å²) in [6, 6.07) is 3.47. The Hall–Kier alpha value is -1.14. The quantitative estimate of drug-likeness (QED) is 0.855. The summed E-state index contributed by atoms with van der Waals surface area (Å²) in [5.74, 6) is 0. The van der Waals surface area contributed by atoms with Gasteiger partial charge in [-0.3, -0.25) is 0 Å². The van der Waals surface area contributed by atoms with Gasteiger partial charge in [-0.25, -0.2) is 17.4 Å². The van der Waals surface area contributed by atoms with Gasteiger partial charge in [0, 0.05) is 16.9 Å². The standard InChI is InChI=1S/C11H11BrN2O2S/c1-8-6-11(9(2)5-10(8)12)17(15,16)14-4-3-13-7-14/h3-7H,1-2H3. The van der Waals surface area contributed by atoms with Gasteiger partial charge in [0.05, 0.1) is 4.90 Å². The number of nitrogens with zero attached hydrogens (tertiary/aromatic N) is 2. The first-order chi connectivity index (χ1) is 7.93. The molecule has 0 aliphatic heterocycles. The van der Waals surface area contributed by atoms with E-state index in [4.69, 9.17) is 0 Å². The molecule has 0 unspecified atom stereocenters. The monoisotopic (exact) mass is 314 g/mol. The van der Waals surface area contributed by atoms with Crippen molar-refractivity contribution in [3.63, 3.8) is 0 Å². The Morgan fingerprint density at radius 1 is 1.24 bits per heavy atom. The lowest BCUT2D eigenvalue weighted by molar-refractivity contribution is 0.586. The van der Waals surface area contributed by atoms with Crippen LogP contribution in [0.1, 0.15) is 11.1 Å². The topological polar surface area (TPSA) is 52.0 Å². The third kappa shape index (κ3) is 2.14. The Labute approximate surface area is 108 Å². The summed E-state index contributed by atoms with van der Waals surface area (Å²) in [5.41, 5.74) is 1.59. The largest absolute Gasteiger partial charge is 0.269 e. The summed E-state index contributed by atoms with van der Waals surface area (Å²) in [5, 5.41) is 0. The molecule has 1 heterocycles. The molecule has 2 rings (SSSR count). The molecule has 0 fully saturated rings. The first-order valence-electron chi connectivity index (χ1n) is 4.93. The predicted molar refractivity (Wildman–Crippen MR) is 68.4 cm³/mol. The summed E-state index contributed by atoms with van der Waals surface area (Å²) in [6.07, 6.45) is 4.15. The molecule has 17 heavy (non-hydrogen) atoms. The highest BCUT2D eigenvalue weighted by Gasteiger charge is 2.19. The van der Waals surface area contributed by atoms with E-state index in [9.17, 15) is 8.42 Å². The average Bonchev–Trinajstić information content (AvgIpc) is 2.77. The number of hydrogen-bond donors (Lipinski definition) is 0. The fraction of sp³-hybridized carbons (Fsp3) is 0.182. The highest BCUT2D eigenvalue weighted by atomic mass is 79.9. The number of aromatic nitrogens is 2. The number of hydrogen-bond acceptors (Lipinski definition) is 3. The summed E-state index contributed by atoms with van der Waals surface area (Å²) < 4.78 is 26.6. The van der Waals surface area contributed by atoms with Crippen LogP contribution in [-0.4, -0.2) is 17.4 Å². The molecule has 0 saturated carbocycles. The smallest absolute Gasteiger partial charge is 0.244 e. The average molecular weight is 315 g/mol. The van der Waals surface area contributed by atoms with Gasteiger partial charge in [0.2, 0.25) is 0 Å². The van der Waals surface area contributed by atoms with Crippen molar-refractivity contribution >= 4 is 26.0 Å². The molecule has 0 spiro atoms. The minimum Gasteiger partial charge on any atom is -0.244 e. The second kappa shape index (κ2) is 4.27. The Kier molecular flexibility index (Phi) is 3.09. The Balaban J connectivity index is 2.67. The van der Waals surface area contributed by atoms with E-state index in [-0.39, 0.29) is 0 Å². The van der Waals surface area contributed by atoms with E-state index < -0.39 is 10.0 Å². The maximum atomic E-state index is 12.3. The van der Waals surface area contributed by atoms with Crippen molar-refractivity contribution in [2.45, 2.75) is 18.7 Å². The lowest BCUT2D eigenvalue weighted by Crippen LogP contribution is -2.12. The van der Waals surface area contributed by atoms with E-state index in [1.54, 1.807) is 19.1 Å². The van der Waals surface area contributed by atoms with Gasteiger partial charge in [0.25, 0.3) is 10.0 Å². The van der Waals surface area contributed by atoms with Crippen LogP contribution < -0.4 is 0 Å². The van der Waals surface area contributed by atoms with Gasteiger partial charge >= 0.3 is 0 Å². The fourth-order valence-corrected chi connectivity index (χ4v) is 3.40. The molecule has 0 bridgehead atoms. The van der Waals surface area contributed by atoms with Crippen molar-refractivity contribution in [2.75, 3.05) is 0 Å². The van der Waals surface area contributed by atoms with Crippen LogP contribution >= 0.6 is 15.9 Å². The number of imidazole rings is 1. The molecule has 0 aliphatic rings. The molecule has 2 aromatic rings. The minimum absolute atomic E-state index is 0.302. The van der Waals surface area contributed by atoms with Gasteiger partial charge in [-0.05, 0) is 37.1 Å². The normalized spacial score (nSPS) is 11.7. The molecule has 0 atom stereocenters. The molecular weight excluding hydrogens is 304 g/mol. The maximum Gasteiger partial charge on any atom is 0.269 e. The molecule has 0 aliphatic carbocycles. The molecule has 6 heteroatoms. The molecule has 4 nitrogen and oxygen atoms in total. The van der Waals surface area contributed by atoms with Crippen molar-refractivity contribution in [1.82, 2.24) is 8.96 Å². The highest BCUT2D eigenvalue weighted by Crippen LogP contribution is 2.25. The van der Waals surface area contributed by atoms with E-state index in [2.05, 4.69) is 20.9 Å². The zero-order chi connectivity index (χ0) is 12.6. The summed E-state index contributed by atoms with van der Waals surface area (Å²) in [7, 11) is -3.53. The van der Waals surface area contributed by atoms with E-state index in [1.807, 2.05) is 6.92 Å². The first kappa shape index (κ1) is 12.3. The summed E-state index contributed by atoms with van der Waals surface area (Å²) in [4.78, 5) is 4.06. The lowest BCUT2D eigenvalue weighted by Gasteiger charge is -2.10. The van der Waals surface area contributed by atoms with E-state index in [1.165, 1.54) is 18.7 Å². The predicted octanol–water partition coefficient (Wildman–Crippen LogP) is 2.50. The van der Waals surface area contributed by atoms with Crippen LogP contribution in [0.25, 0.3) is 0 Å². The molecule has 0 saturated heterocycles. The van der Waals surface area contributed by atoms with Crippen molar-refractivity contribution in [3.8, 4) is 0 Å². The highest BCUT2D eigenvalue weighted by molar-refractivity contribution is 9.10. The van der Waals surface area contributed by atoms with Crippen molar-refractivity contribution in [3.05, 3.63) is 46.5 Å². The van der Waals surface area contributed by atoms with Crippen molar-refractivity contribution in [1.29, 1.82) is 0 Å². The van der Waals surface area contributed by atoms with Gasteiger partial charge in [-0.2, -0.15) is 0 Å². The molecule has 1 aromatic heterocycles. The lowest BCUT2D eigenvalue weighted by atomic mass is 10.2. The number of benzene rings is 1. The molecule has 0 amide bonds. The van der Waals surface area contributed by atoms with Gasteiger partial charge in [-0.1, -0.05) is 15.9 Å².